The molecular formula is C12H15NaO5S2. The van der Waals surface area contributed by atoms with E-state index in [2.05, 4.69) is 0 Å². The summed E-state index contributed by atoms with van der Waals surface area (Å²) < 4.78 is 32.3. The Hall–Kier alpha value is -0.0500. The molecule has 8 heteroatoms. The molecule has 0 aliphatic carbocycles. The van der Waals surface area contributed by atoms with Crippen LogP contribution in [0.1, 0.15) is 24.8 Å². The van der Waals surface area contributed by atoms with Crippen molar-refractivity contribution < 1.29 is 52.4 Å². The van der Waals surface area contributed by atoms with Gasteiger partial charge < -0.3 is 9.66 Å². The number of hydrogen-bond acceptors (Lipinski definition) is 5. The van der Waals surface area contributed by atoms with Gasteiger partial charge in [0.1, 0.15) is 10.1 Å². The molecule has 20 heavy (non-hydrogen) atoms. The first-order valence-corrected chi connectivity index (χ1v) is 8.22. The molecule has 1 N–H and O–H groups in total. The molecule has 5 nitrogen and oxygen atoms in total. The number of hydrogen-bond donors (Lipinski definition) is 1. The Morgan fingerprint density at radius 1 is 1.35 bits per heavy atom. The van der Waals surface area contributed by atoms with Crippen molar-refractivity contribution in [2.75, 3.05) is 11.5 Å². The van der Waals surface area contributed by atoms with Crippen LogP contribution in [0, 0.1) is 0 Å². The van der Waals surface area contributed by atoms with Crippen LogP contribution >= 0.6 is 11.8 Å². The van der Waals surface area contributed by atoms with Gasteiger partial charge in [0, 0.05) is 5.75 Å². The number of rotatable bonds is 7. The minimum atomic E-state index is -4.40. The second kappa shape index (κ2) is 9.07. The summed E-state index contributed by atoms with van der Waals surface area (Å²) in [5.41, 5.74) is 0.926. The van der Waals surface area contributed by atoms with E-state index in [9.17, 15) is 17.8 Å². The Bertz CT molecular complexity index is 527. The van der Waals surface area contributed by atoms with Gasteiger partial charge in [-0.3, -0.25) is 4.79 Å². The molecule has 1 unspecified atom stereocenters. The van der Waals surface area contributed by atoms with E-state index in [-0.39, 0.29) is 46.8 Å². The summed E-state index contributed by atoms with van der Waals surface area (Å²) in [6.07, 6.45) is 0.130. The fourth-order valence-electron chi connectivity index (χ4n) is 1.48. The Morgan fingerprint density at radius 2 is 1.90 bits per heavy atom. The first-order chi connectivity index (χ1) is 8.80. The summed E-state index contributed by atoms with van der Waals surface area (Å²) in [5.74, 6) is 0.649. The van der Waals surface area contributed by atoms with Crippen molar-refractivity contribution in [2.24, 2.45) is 0 Å². The topological polar surface area (TPSA) is 94.5 Å². The Kier molecular flexibility index (Phi) is 9.04. The van der Waals surface area contributed by atoms with Crippen molar-refractivity contribution in [3.63, 3.8) is 0 Å². The van der Waals surface area contributed by atoms with E-state index in [0.717, 1.165) is 11.3 Å². The van der Waals surface area contributed by atoms with E-state index in [0.29, 0.717) is 5.75 Å². The molecule has 0 aliphatic heterocycles. The van der Waals surface area contributed by atoms with Crippen LogP contribution in [-0.4, -0.2) is 35.6 Å². The molecule has 0 heterocycles. The minimum absolute atomic E-state index is 0. The van der Waals surface area contributed by atoms with E-state index in [1.165, 1.54) is 23.9 Å². The summed E-state index contributed by atoms with van der Waals surface area (Å²) >= 11 is 1.53. The summed E-state index contributed by atoms with van der Waals surface area (Å²) in [4.78, 5) is 10.1. The van der Waals surface area contributed by atoms with Gasteiger partial charge in [-0.15, -0.1) is 0 Å². The summed E-state index contributed by atoms with van der Waals surface area (Å²) in [6.45, 7) is 1.97. The van der Waals surface area contributed by atoms with Gasteiger partial charge in [0.25, 0.3) is 0 Å². The van der Waals surface area contributed by atoms with Crippen molar-refractivity contribution in [3.8, 4) is 0 Å². The quantitative estimate of drug-likeness (QED) is 0.389. The molecular weight excluding hydrogens is 311 g/mol. The third kappa shape index (κ3) is 7.10. The SMILES string of the molecule is CC(CSCCC(=O)O)c1ccc(S(=O)(=O)[O-])cc1.[Na+]. The Morgan fingerprint density at radius 3 is 2.35 bits per heavy atom. The molecule has 1 rings (SSSR count). The molecule has 0 saturated heterocycles. The van der Waals surface area contributed by atoms with Crippen LogP contribution in [0.15, 0.2) is 29.2 Å². The third-order valence-corrected chi connectivity index (χ3v) is 4.64. The van der Waals surface area contributed by atoms with Gasteiger partial charge >= 0.3 is 35.5 Å². The maximum absolute atomic E-state index is 10.8. The molecule has 0 saturated carbocycles. The molecule has 0 aromatic heterocycles. The normalized spacial score (nSPS) is 12.5. The third-order valence-electron chi connectivity index (χ3n) is 2.57. The fraction of sp³-hybridized carbons (Fsp3) is 0.417. The minimum Gasteiger partial charge on any atom is -0.744 e. The predicted octanol–water partition coefficient (Wildman–Crippen LogP) is -1.09. The maximum Gasteiger partial charge on any atom is 1.00 e. The van der Waals surface area contributed by atoms with Crippen LogP contribution < -0.4 is 29.6 Å². The van der Waals surface area contributed by atoms with Crippen molar-refractivity contribution in [2.45, 2.75) is 24.2 Å². The molecule has 1 atom stereocenters. The largest absolute Gasteiger partial charge is 1.00 e. The standard InChI is InChI=1S/C12H16O5S2.Na/c1-9(8-18-7-6-12(13)14)10-2-4-11(5-3-10)19(15,16)17;/h2-5,9H,6-8H2,1H3,(H,13,14)(H,15,16,17);/q;+1/p-1. The van der Waals surface area contributed by atoms with Crippen LogP contribution in [0.4, 0.5) is 0 Å². The van der Waals surface area contributed by atoms with Gasteiger partial charge in [0.05, 0.1) is 11.3 Å². The van der Waals surface area contributed by atoms with Gasteiger partial charge in [-0.05, 0) is 29.4 Å². The molecule has 0 amide bonds. The molecule has 0 bridgehead atoms. The van der Waals surface area contributed by atoms with Crippen molar-refractivity contribution >= 4 is 27.8 Å². The molecule has 0 radical (unpaired) electrons. The van der Waals surface area contributed by atoms with Crippen LogP contribution in [0.5, 0.6) is 0 Å². The van der Waals surface area contributed by atoms with Gasteiger partial charge in [-0.2, -0.15) is 11.8 Å². The molecule has 1 aromatic carbocycles. The average molecular weight is 326 g/mol. The van der Waals surface area contributed by atoms with Crippen molar-refractivity contribution in [3.05, 3.63) is 29.8 Å². The zero-order valence-electron chi connectivity index (χ0n) is 11.4. The first-order valence-electron chi connectivity index (χ1n) is 5.66. The van der Waals surface area contributed by atoms with Crippen LogP contribution in [0.25, 0.3) is 0 Å². The zero-order valence-corrected chi connectivity index (χ0v) is 15.0. The number of thioether (sulfide) groups is 1. The van der Waals surface area contributed by atoms with Crippen LogP contribution in [0.3, 0.4) is 0 Å². The zero-order chi connectivity index (χ0) is 14.5. The number of benzene rings is 1. The smallest absolute Gasteiger partial charge is 0.744 e. The Labute approximate surface area is 145 Å². The second-order valence-corrected chi connectivity index (χ2v) is 6.67. The van der Waals surface area contributed by atoms with E-state index in [1.807, 2.05) is 6.92 Å². The molecule has 0 spiro atoms. The van der Waals surface area contributed by atoms with Gasteiger partial charge in [-0.25, -0.2) is 8.42 Å². The van der Waals surface area contributed by atoms with E-state index in [1.54, 1.807) is 12.1 Å². The molecule has 1 aromatic rings. The maximum atomic E-state index is 10.8. The second-order valence-electron chi connectivity index (χ2n) is 4.14. The number of aliphatic carboxylic acids is 1. The summed E-state index contributed by atoms with van der Waals surface area (Å²) in [7, 11) is -4.40. The number of carbonyl (C=O) groups is 1. The van der Waals surface area contributed by atoms with Gasteiger partial charge in [0.2, 0.25) is 0 Å². The molecule has 106 valence electrons. The van der Waals surface area contributed by atoms with E-state index >= 15 is 0 Å². The van der Waals surface area contributed by atoms with Crippen LogP contribution in [-0.2, 0) is 14.9 Å². The fourth-order valence-corrected chi connectivity index (χ4v) is 2.98. The van der Waals surface area contributed by atoms with Gasteiger partial charge in [0.15, 0.2) is 0 Å². The first kappa shape index (κ1) is 19.9. The number of carboxylic acid groups (broad SMARTS) is 1. The molecule has 0 fully saturated rings. The van der Waals surface area contributed by atoms with E-state index < -0.39 is 16.1 Å². The predicted molar refractivity (Wildman–Crippen MR) is 72.4 cm³/mol. The van der Waals surface area contributed by atoms with E-state index in [4.69, 9.17) is 5.11 Å². The molecule has 0 aliphatic rings. The van der Waals surface area contributed by atoms with Crippen molar-refractivity contribution in [1.29, 1.82) is 0 Å². The Balaban J connectivity index is 0.00000361. The van der Waals surface area contributed by atoms with Crippen LogP contribution in [0.2, 0.25) is 0 Å². The summed E-state index contributed by atoms with van der Waals surface area (Å²) in [5, 5.41) is 8.50. The van der Waals surface area contributed by atoms with Gasteiger partial charge in [-0.1, -0.05) is 19.1 Å². The number of carboxylic acids is 1. The monoisotopic (exact) mass is 326 g/mol. The average Bonchev–Trinajstić information content (AvgIpc) is 2.33. The summed E-state index contributed by atoms with van der Waals surface area (Å²) in [6, 6.07) is 5.84. The van der Waals surface area contributed by atoms with Crippen molar-refractivity contribution in [1.82, 2.24) is 0 Å².